The molecule has 2 aromatic rings. The lowest BCUT2D eigenvalue weighted by atomic mass is 10.0. The third-order valence-corrected chi connectivity index (χ3v) is 5.58. The topological polar surface area (TPSA) is 35.2 Å². The Balaban J connectivity index is 1.50. The molecule has 2 aromatic carbocycles. The molecule has 0 spiro atoms. The van der Waals surface area contributed by atoms with Crippen molar-refractivity contribution in [1.82, 2.24) is 0 Å². The molecule has 0 aliphatic rings. The predicted octanol–water partition coefficient (Wildman–Crippen LogP) is 8.69. The lowest BCUT2D eigenvalue weighted by molar-refractivity contribution is 0.482. The summed E-state index contributed by atoms with van der Waals surface area (Å²) in [6.07, 6.45) is 19.3. The number of anilines is 1. The molecule has 0 atom stereocenters. The summed E-state index contributed by atoms with van der Waals surface area (Å²) in [5.74, 6) is 1.74. The third-order valence-electron chi connectivity index (χ3n) is 5.58. The van der Waals surface area contributed by atoms with Gasteiger partial charge in [-0.2, -0.15) is 0 Å². The first-order chi connectivity index (χ1) is 14.3. The molecule has 2 heteroatoms. The van der Waals surface area contributed by atoms with Crippen molar-refractivity contribution in [2.75, 3.05) is 5.73 Å². The zero-order valence-corrected chi connectivity index (χ0v) is 18.5. The van der Waals surface area contributed by atoms with Gasteiger partial charge in [-0.3, -0.25) is 0 Å². The van der Waals surface area contributed by atoms with Crippen LogP contribution in [0.4, 0.5) is 5.69 Å². The fourth-order valence-electron chi connectivity index (χ4n) is 3.78. The Morgan fingerprint density at radius 3 is 1.76 bits per heavy atom. The van der Waals surface area contributed by atoms with Crippen molar-refractivity contribution in [3.63, 3.8) is 0 Å². The van der Waals surface area contributed by atoms with Crippen LogP contribution in [-0.4, -0.2) is 0 Å². The van der Waals surface area contributed by atoms with Gasteiger partial charge < -0.3 is 10.5 Å². The molecule has 2 nitrogen and oxygen atoms in total. The van der Waals surface area contributed by atoms with E-state index in [9.17, 15) is 0 Å². The summed E-state index contributed by atoms with van der Waals surface area (Å²) in [6, 6.07) is 16.0. The molecular formula is C27H41NO. The minimum Gasteiger partial charge on any atom is -0.457 e. The van der Waals surface area contributed by atoms with Crippen LogP contribution in [0.15, 0.2) is 48.5 Å². The molecule has 0 unspecified atom stereocenters. The van der Waals surface area contributed by atoms with Crippen LogP contribution in [0.1, 0.15) is 96.0 Å². The Bertz CT molecular complexity index is 650. The van der Waals surface area contributed by atoms with E-state index in [2.05, 4.69) is 25.1 Å². The van der Waals surface area contributed by atoms with Gasteiger partial charge in [0, 0.05) is 5.69 Å². The van der Waals surface area contributed by atoms with E-state index in [0.29, 0.717) is 0 Å². The monoisotopic (exact) mass is 395 g/mol. The maximum Gasteiger partial charge on any atom is 0.127 e. The number of hydrogen-bond donors (Lipinski definition) is 1. The fraction of sp³-hybridized carbons (Fsp3) is 0.556. The highest BCUT2D eigenvalue weighted by atomic mass is 16.5. The molecule has 29 heavy (non-hydrogen) atoms. The summed E-state index contributed by atoms with van der Waals surface area (Å²) in [4.78, 5) is 0. The molecule has 2 N–H and O–H groups in total. The second kappa shape index (κ2) is 15.0. The number of unbranched alkanes of at least 4 members (excludes halogenated alkanes) is 12. The Morgan fingerprint density at radius 1 is 0.621 bits per heavy atom. The third kappa shape index (κ3) is 11.0. The lowest BCUT2D eigenvalue weighted by Crippen LogP contribution is -1.90. The van der Waals surface area contributed by atoms with Gasteiger partial charge in [0.2, 0.25) is 0 Å². The fourth-order valence-corrected chi connectivity index (χ4v) is 3.78. The highest BCUT2D eigenvalue weighted by molar-refractivity contribution is 5.43. The maximum atomic E-state index is 5.94. The highest BCUT2D eigenvalue weighted by Crippen LogP contribution is 2.24. The van der Waals surface area contributed by atoms with Gasteiger partial charge in [0.1, 0.15) is 11.5 Å². The van der Waals surface area contributed by atoms with E-state index in [0.717, 1.165) is 23.6 Å². The summed E-state index contributed by atoms with van der Waals surface area (Å²) in [7, 11) is 0. The number of rotatable bonds is 16. The zero-order valence-electron chi connectivity index (χ0n) is 18.5. The molecule has 0 saturated heterocycles. The van der Waals surface area contributed by atoms with Crippen LogP contribution < -0.4 is 10.5 Å². The minimum atomic E-state index is 0.758. The molecule has 2 rings (SSSR count). The van der Waals surface area contributed by atoms with E-state index in [4.69, 9.17) is 10.5 Å². The van der Waals surface area contributed by atoms with Crippen molar-refractivity contribution in [3.05, 3.63) is 54.1 Å². The summed E-state index contributed by atoms with van der Waals surface area (Å²) < 4.78 is 5.94. The number of benzene rings is 2. The van der Waals surface area contributed by atoms with E-state index < -0.39 is 0 Å². The van der Waals surface area contributed by atoms with Gasteiger partial charge in [-0.25, -0.2) is 0 Å². The van der Waals surface area contributed by atoms with Gasteiger partial charge in [-0.05, 0) is 54.8 Å². The van der Waals surface area contributed by atoms with E-state index in [-0.39, 0.29) is 0 Å². The Labute approximate surface area is 178 Å². The Hall–Kier alpha value is -1.96. The molecule has 0 aromatic heterocycles. The number of nitrogens with two attached hydrogens (primary N) is 1. The standard InChI is InChI=1S/C27H41NO/c1-2-3-4-5-6-7-8-9-10-11-12-13-14-16-24-17-15-18-27(23-24)29-26-21-19-25(28)20-22-26/h15,17-23H,2-14,16,28H2,1H3. The molecule has 160 valence electrons. The van der Waals surface area contributed by atoms with Crippen LogP contribution in [-0.2, 0) is 6.42 Å². The van der Waals surface area contributed by atoms with Gasteiger partial charge in [0.05, 0.1) is 0 Å². The molecule has 0 fully saturated rings. The number of aryl methyl sites for hydroxylation is 1. The summed E-state index contributed by atoms with van der Waals surface area (Å²) in [6.45, 7) is 2.29. The van der Waals surface area contributed by atoms with Crippen molar-refractivity contribution in [2.45, 2.75) is 96.8 Å². The predicted molar refractivity (Wildman–Crippen MR) is 127 cm³/mol. The molecular weight excluding hydrogens is 354 g/mol. The molecule has 0 heterocycles. The summed E-state index contributed by atoms with van der Waals surface area (Å²) in [5, 5.41) is 0. The lowest BCUT2D eigenvalue weighted by Gasteiger charge is -2.08. The Kier molecular flexibility index (Phi) is 12.0. The number of nitrogen functional groups attached to an aromatic ring is 1. The van der Waals surface area contributed by atoms with Crippen molar-refractivity contribution in [2.24, 2.45) is 0 Å². The van der Waals surface area contributed by atoms with Gasteiger partial charge in [-0.1, -0.05) is 96.1 Å². The van der Waals surface area contributed by atoms with Crippen LogP contribution in [0, 0.1) is 0 Å². The number of ether oxygens (including phenoxy) is 1. The molecule has 0 radical (unpaired) electrons. The van der Waals surface area contributed by atoms with Crippen molar-refractivity contribution < 1.29 is 4.74 Å². The van der Waals surface area contributed by atoms with Crippen LogP contribution in [0.5, 0.6) is 11.5 Å². The van der Waals surface area contributed by atoms with Crippen molar-refractivity contribution in [3.8, 4) is 11.5 Å². The van der Waals surface area contributed by atoms with E-state index >= 15 is 0 Å². The largest absolute Gasteiger partial charge is 0.457 e. The quantitative estimate of drug-likeness (QED) is 0.228. The second-order valence-corrected chi connectivity index (χ2v) is 8.31. The van der Waals surface area contributed by atoms with Crippen LogP contribution in [0.25, 0.3) is 0 Å². The molecule has 0 aliphatic carbocycles. The van der Waals surface area contributed by atoms with Crippen LogP contribution >= 0.6 is 0 Å². The van der Waals surface area contributed by atoms with E-state index in [1.807, 2.05) is 30.3 Å². The smallest absolute Gasteiger partial charge is 0.127 e. The van der Waals surface area contributed by atoms with Crippen LogP contribution in [0.2, 0.25) is 0 Å². The second-order valence-electron chi connectivity index (χ2n) is 8.31. The SMILES string of the molecule is CCCCCCCCCCCCCCCc1cccc(Oc2ccc(N)cc2)c1. The normalized spacial score (nSPS) is 10.9. The van der Waals surface area contributed by atoms with Gasteiger partial charge in [0.15, 0.2) is 0 Å². The van der Waals surface area contributed by atoms with E-state index in [1.54, 1.807) is 0 Å². The zero-order chi connectivity index (χ0) is 20.6. The molecule has 0 amide bonds. The first-order valence-electron chi connectivity index (χ1n) is 11.9. The van der Waals surface area contributed by atoms with Gasteiger partial charge >= 0.3 is 0 Å². The van der Waals surface area contributed by atoms with Crippen molar-refractivity contribution >= 4 is 5.69 Å². The Morgan fingerprint density at radius 2 is 1.17 bits per heavy atom. The van der Waals surface area contributed by atoms with Crippen molar-refractivity contribution in [1.29, 1.82) is 0 Å². The maximum absolute atomic E-state index is 5.94. The molecule has 0 saturated carbocycles. The van der Waals surface area contributed by atoms with E-state index in [1.165, 1.54) is 89.0 Å². The van der Waals surface area contributed by atoms with Gasteiger partial charge in [0.25, 0.3) is 0 Å². The first kappa shape index (κ1) is 23.3. The summed E-state index contributed by atoms with van der Waals surface area (Å²) in [5.41, 5.74) is 7.85. The van der Waals surface area contributed by atoms with Gasteiger partial charge in [-0.15, -0.1) is 0 Å². The van der Waals surface area contributed by atoms with Crippen LogP contribution in [0.3, 0.4) is 0 Å². The highest BCUT2D eigenvalue weighted by Gasteiger charge is 2.00. The number of hydrogen-bond acceptors (Lipinski definition) is 2. The average Bonchev–Trinajstić information content (AvgIpc) is 2.73. The first-order valence-corrected chi connectivity index (χ1v) is 11.9. The molecule has 0 bridgehead atoms. The minimum absolute atomic E-state index is 0.758. The summed E-state index contributed by atoms with van der Waals surface area (Å²) >= 11 is 0. The average molecular weight is 396 g/mol. The molecule has 0 aliphatic heterocycles.